The number of aryl methyl sites for hydroxylation is 5. The maximum absolute atomic E-state index is 3.50. The molecule has 0 saturated carbocycles. The highest BCUT2D eigenvalue weighted by molar-refractivity contribution is 5.40. The first kappa shape index (κ1) is 15.8. The smallest absolute Gasteiger partial charge is 0.0361 e. The molecule has 2 aromatic carbocycles. The van der Waals surface area contributed by atoms with Crippen LogP contribution in [0.3, 0.4) is 0 Å². The molecule has 0 aliphatic carbocycles. The van der Waals surface area contributed by atoms with Gasteiger partial charge in [-0.2, -0.15) is 0 Å². The van der Waals surface area contributed by atoms with E-state index in [1.807, 2.05) is 0 Å². The molecular weight excluding hydrogens is 254 g/mol. The quantitative estimate of drug-likeness (QED) is 0.854. The summed E-state index contributed by atoms with van der Waals surface area (Å²) < 4.78 is 0. The molecule has 0 aliphatic rings. The van der Waals surface area contributed by atoms with Crippen molar-refractivity contribution < 1.29 is 0 Å². The summed E-state index contributed by atoms with van der Waals surface area (Å²) >= 11 is 0. The van der Waals surface area contributed by atoms with E-state index in [0.717, 1.165) is 6.42 Å². The van der Waals surface area contributed by atoms with E-state index in [1.165, 1.54) is 38.9 Å². The van der Waals surface area contributed by atoms with Crippen LogP contribution in [0.1, 0.15) is 45.0 Å². The molecule has 0 saturated heterocycles. The van der Waals surface area contributed by atoms with Gasteiger partial charge in [-0.05, 0) is 75.9 Å². The van der Waals surface area contributed by atoms with Gasteiger partial charge in [-0.25, -0.2) is 0 Å². The third-order valence-corrected chi connectivity index (χ3v) is 4.41. The molecular formula is C20H27N. The second-order valence-electron chi connectivity index (χ2n) is 6.28. The monoisotopic (exact) mass is 281 g/mol. The van der Waals surface area contributed by atoms with E-state index >= 15 is 0 Å². The van der Waals surface area contributed by atoms with Crippen molar-refractivity contribution in [3.8, 4) is 0 Å². The molecule has 0 heterocycles. The summed E-state index contributed by atoms with van der Waals surface area (Å²) in [5, 5.41) is 3.50. The molecule has 1 nitrogen and oxygen atoms in total. The summed E-state index contributed by atoms with van der Waals surface area (Å²) in [6.45, 7) is 11.0. The number of likely N-dealkylation sites (N-methyl/N-ethyl adjacent to an activating group) is 1. The van der Waals surface area contributed by atoms with Crippen LogP contribution in [-0.2, 0) is 6.42 Å². The van der Waals surface area contributed by atoms with Crippen LogP contribution in [-0.4, -0.2) is 7.05 Å². The van der Waals surface area contributed by atoms with Crippen LogP contribution in [0.5, 0.6) is 0 Å². The largest absolute Gasteiger partial charge is 0.313 e. The van der Waals surface area contributed by atoms with Gasteiger partial charge in [0, 0.05) is 6.04 Å². The zero-order valence-corrected chi connectivity index (χ0v) is 14.2. The SMILES string of the molecule is CNC(Cc1c(C)cc(C)cc1C)c1cc(C)ccc1C. The van der Waals surface area contributed by atoms with E-state index in [-0.39, 0.29) is 0 Å². The molecule has 1 unspecified atom stereocenters. The van der Waals surface area contributed by atoms with E-state index in [9.17, 15) is 0 Å². The van der Waals surface area contributed by atoms with E-state index in [1.54, 1.807) is 0 Å². The molecule has 1 N–H and O–H groups in total. The molecule has 112 valence electrons. The highest BCUT2D eigenvalue weighted by Crippen LogP contribution is 2.26. The van der Waals surface area contributed by atoms with Crippen molar-refractivity contribution in [2.24, 2.45) is 0 Å². The molecule has 1 atom stereocenters. The van der Waals surface area contributed by atoms with Crippen molar-refractivity contribution in [1.82, 2.24) is 5.32 Å². The normalized spacial score (nSPS) is 12.5. The summed E-state index contributed by atoms with van der Waals surface area (Å²) in [5.74, 6) is 0. The van der Waals surface area contributed by atoms with Gasteiger partial charge in [0.2, 0.25) is 0 Å². The Morgan fingerprint density at radius 1 is 0.810 bits per heavy atom. The molecule has 21 heavy (non-hydrogen) atoms. The maximum atomic E-state index is 3.50. The van der Waals surface area contributed by atoms with Crippen molar-refractivity contribution in [2.45, 2.75) is 47.1 Å². The average molecular weight is 281 g/mol. The number of hydrogen-bond acceptors (Lipinski definition) is 1. The fourth-order valence-electron chi connectivity index (χ4n) is 3.24. The van der Waals surface area contributed by atoms with Gasteiger partial charge >= 0.3 is 0 Å². The van der Waals surface area contributed by atoms with Crippen molar-refractivity contribution in [3.05, 3.63) is 69.3 Å². The summed E-state index contributed by atoms with van der Waals surface area (Å²) in [5.41, 5.74) is 9.73. The van der Waals surface area contributed by atoms with Crippen molar-refractivity contribution in [1.29, 1.82) is 0 Å². The van der Waals surface area contributed by atoms with Gasteiger partial charge in [-0.3, -0.25) is 0 Å². The third kappa shape index (κ3) is 3.54. The number of rotatable bonds is 4. The fourth-order valence-corrected chi connectivity index (χ4v) is 3.24. The van der Waals surface area contributed by atoms with Gasteiger partial charge < -0.3 is 5.32 Å². The third-order valence-electron chi connectivity index (χ3n) is 4.41. The predicted molar refractivity (Wildman–Crippen MR) is 92.1 cm³/mol. The van der Waals surface area contributed by atoms with Crippen LogP contribution in [0.2, 0.25) is 0 Å². The lowest BCUT2D eigenvalue weighted by atomic mass is 9.89. The highest BCUT2D eigenvalue weighted by Gasteiger charge is 2.15. The zero-order chi connectivity index (χ0) is 15.6. The molecule has 2 rings (SSSR count). The second kappa shape index (κ2) is 6.44. The van der Waals surface area contributed by atoms with E-state index in [4.69, 9.17) is 0 Å². The Bertz CT molecular complexity index is 617. The minimum atomic E-state index is 0.366. The Hall–Kier alpha value is -1.60. The Morgan fingerprint density at radius 3 is 2.00 bits per heavy atom. The summed E-state index contributed by atoms with van der Waals surface area (Å²) in [4.78, 5) is 0. The molecule has 0 aromatic heterocycles. The van der Waals surface area contributed by atoms with E-state index < -0.39 is 0 Å². The van der Waals surface area contributed by atoms with Crippen LogP contribution in [0.25, 0.3) is 0 Å². The lowest BCUT2D eigenvalue weighted by Gasteiger charge is -2.22. The van der Waals surface area contributed by atoms with Crippen molar-refractivity contribution in [2.75, 3.05) is 7.05 Å². The molecule has 1 heteroatoms. The topological polar surface area (TPSA) is 12.0 Å². The van der Waals surface area contributed by atoms with Gasteiger partial charge in [-0.1, -0.05) is 41.5 Å². The minimum Gasteiger partial charge on any atom is -0.313 e. The first-order valence-corrected chi connectivity index (χ1v) is 7.73. The Kier molecular flexibility index (Phi) is 4.84. The van der Waals surface area contributed by atoms with Crippen molar-refractivity contribution in [3.63, 3.8) is 0 Å². The Labute approximate surface area is 129 Å². The standard InChI is InChI=1S/C20H27N/c1-13-7-8-15(3)19(11-13)20(21-6)12-18-16(4)9-14(2)10-17(18)5/h7-11,20-21H,12H2,1-6H3. The molecule has 0 radical (unpaired) electrons. The summed E-state index contributed by atoms with van der Waals surface area (Å²) in [7, 11) is 2.06. The van der Waals surface area contributed by atoms with Gasteiger partial charge in [0.1, 0.15) is 0 Å². The second-order valence-corrected chi connectivity index (χ2v) is 6.28. The van der Waals surface area contributed by atoms with Gasteiger partial charge in [0.05, 0.1) is 0 Å². The lowest BCUT2D eigenvalue weighted by Crippen LogP contribution is -2.21. The van der Waals surface area contributed by atoms with Crippen LogP contribution in [0, 0.1) is 34.6 Å². The molecule has 0 spiro atoms. The van der Waals surface area contributed by atoms with Gasteiger partial charge in [0.15, 0.2) is 0 Å². The van der Waals surface area contributed by atoms with E-state index in [2.05, 4.69) is 77.3 Å². The van der Waals surface area contributed by atoms with E-state index in [0.29, 0.717) is 6.04 Å². The molecule has 0 aliphatic heterocycles. The minimum absolute atomic E-state index is 0.366. The molecule has 2 aromatic rings. The van der Waals surface area contributed by atoms with Crippen LogP contribution < -0.4 is 5.32 Å². The Balaban J connectivity index is 2.38. The number of hydrogen-bond donors (Lipinski definition) is 1. The molecule has 0 bridgehead atoms. The van der Waals surface area contributed by atoms with Crippen LogP contribution in [0.4, 0.5) is 0 Å². The first-order valence-electron chi connectivity index (χ1n) is 7.73. The first-order chi connectivity index (χ1) is 9.92. The molecule has 0 fully saturated rings. The van der Waals surface area contributed by atoms with Gasteiger partial charge in [-0.15, -0.1) is 0 Å². The lowest BCUT2D eigenvalue weighted by molar-refractivity contribution is 0.585. The Morgan fingerprint density at radius 2 is 1.43 bits per heavy atom. The molecule has 0 amide bonds. The highest BCUT2D eigenvalue weighted by atomic mass is 14.9. The average Bonchev–Trinajstić information content (AvgIpc) is 2.41. The van der Waals surface area contributed by atoms with Crippen LogP contribution >= 0.6 is 0 Å². The summed E-state index contributed by atoms with van der Waals surface area (Å²) in [6.07, 6.45) is 1.04. The van der Waals surface area contributed by atoms with Crippen molar-refractivity contribution >= 4 is 0 Å². The summed E-state index contributed by atoms with van der Waals surface area (Å²) in [6, 6.07) is 11.7. The van der Waals surface area contributed by atoms with Crippen LogP contribution in [0.15, 0.2) is 30.3 Å². The number of benzene rings is 2. The fraction of sp³-hybridized carbons (Fsp3) is 0.400. The number of nitrogens with one attached hydrogen (secondary N) is 1. The van der Waals surface area contributed by atoms with Gasteiger partial charge in [0.25, 0.3) is 0 Å². The predicted octanol–water partition coefficient (Wildman–Crippen LogP) is 4.73. The maximum Gasteiger partial charge on any atom is 0.0361 e. The zero-order valence-electron chi connectivity index (χ0n) is 14.2.